The SMILES string of the molecule is NC(=NO)C1CCN(C(=O)CC2CCCC2)CC1. The highest BCUT2D eigenvalue weighted by molar-refractivity contribution is 5.83. The Morgan fingerprint density at radius 3 is 2.39 bits per heavy atom. The van der Waals surface area contributed by atoms with Gasteiger partial charge in [-0.3, -0.25) is 4.79 Å². The van der Waals surface area contributed by atoms with E-state index in [1.54, 1.807) is 0 Å². The summed E-state index contributed by atoms with van der Waals surface area (Å²) in [6, 6.07) is 0. The first-order valence-electron chi connectivity index (χ1n) is 6.96. The first kappa shape index (κ1) is 13.2. The zero-order valence-electron chi connectivity index (χ0n) is 10.8. The first-order valence-corrected chi connectivity index (χ1v) is 6.96. The maximum atomic E-state index is 12.1. The number of amidine groups is 1. The van der Waals surface area contributed by atoms with E-state index < -0.39 is 0 Å². The lowest BCUT2D eigenvalue weighted by atomic mass is 9.95. The Morgan fingerprint density at radius 1 is 1.22 bits per heavy atom. The minimum atomic E-state index is 0.130. The molecule has 0 spiro atoms. The third-order valence-corrected chi connectivity index (χ3v) is 4.32. The number of hydrogen-bond donors (Lipinski definition) is 2. The average Bonchev–Trinajstić information content (AvgIpc) is 2.91. The predicted octanol–water partition coefficient (Wildman–Crippen LogP) is 1.55. The molecule has 0 aromatic rings. The monoisotopic (exact) mass is 253 g/mol. The van der Waals surface area contributed by atoms with Gasteiger partial charge in [-0.15, -0.1) is 0 Å². The van der Waals surface area contributed by atoms with E-state index in [4.69, 9.17) is 10.9 Å². The van der Waals surface area contributed by atoms with E-state index in [9.17, 15) is 4.79 Å². The van der Waals surface area contributed by atoms with Crippen molar-refractivity contribution >= 4 is 11.7 Å². The predicted molar refractivity (Wildman–Crippen MR) is 69.3 cm³/mol. The van der Waals surface area contributed by atoms with Crippen molar-refractivity contribution in [2.45, 2.75) is 44.9 Å². The van der Waals surface area contributed by atoms with Crippen LogP contribution in [0.2, 0.25) is 0 Å². The van der Waals surface area contributed by atoms with Gasteiger partial charge in [0.15, 0.2) is 0 Å². The molecule has 1 saturated heterocycles. The van der Waals surface area contributed by atoms with Crippen LogP contribution in [0.5, 0.6) is 0 Å². The van der Waals surface area contributed by atoms with Gasteiger partial charge in [0.25, 0.3) is 0 Å². The summed E-state index contributed by atoms with van der Waals surface area (Å²) in [6.45, 7) is 1.48. The maximum Gasteiger partial charge on any atom is 0.222 e. The molecule has 0 aromatic carbocycles. The Kier molecular flexibility index (Phi) is 4.44. The normalized spacial score (nSPS) is 23.6. The molecule has 2 rings (SSSR count). The van der Waals surface area contributed by atoms with Crippen LogP contribution in [-0.2, 0) is 4.79 Å². The molecule has 18 heavy (non-hydrogen) atoms. The van der Waals surface area contributed by atoms with E-state index in [1.807, 2.05) is 4.90 Å². The molecule has 5 heteroatoms. The van der Waals surface area contributed by atoms with E-state index in [-0.39, 0.29) is 5.92 Å². The Morgan fingerprint density at radius 2 is 1.83 bits per heavy atom. The lowest BCUT2D eigenvalue weighted by Gasteiger charge is -2.32. The van der Waals surface area contributed by atoms with Gasteiger partial charge in [0, 0.05) is 25.4 Å². The number of carbonyl (C=O) groups excluding carboxylic acids is 1. The Labute approximate surface area is 108 Å². The summed E-state index contributed by atoms with van der Waals surface area (Å²) in [5.74, 6) is 1.34. The molecule has 1 heterocycles. The summed E-state index contributed by atoms with van der Waals surface area (Å²) in [6.07, 6.45) is 7.33. The van der Waals surface area contributed by atoms with Gasteiger partial charge in [-0.05, 0) is 31.6 Å². The van der Waals surface area contributed by atoms with Gasteiger partial charge in [0.05, 0.1) is 0 Å². The number of nitrogens with two attached hydrogens (primary N) is 1. The molecule has 1 saturated carbocycles. The third kappa shape index (κ3) is 3.15. The van der Waals surface area contributed by atoms with Crippen LogP contribution in [-0.4, -0.2) is 34.9 Å². The van der Waals surface area contributed by atoms with Crippen molar-refractivity contribution in [3.05, 3.63) is 0 Å². The number of hydrogen-bond acceptors (Lipinski definition) is 3. The van der Waals surface area contributed by atoms with Crippen molar-refractivity contribution in [2.24, 2.45) is 22.7 Å². The molecule has 0 atom stereocenters. The summed E-state index contributed by atoms with van der Waals surface area (Å²) < 4.78 is 0. The molecule has 0 aromatic heterocycles. The minimum absolute atomic E-state index is 0.130. The van der Waals surface area contributed by atoms with Crippen molar-refractivity contribution in [3.8, 4) is 0 Å². The van der Waals surface area contributed by atoms with E-state index >= 15 is 0 Å². The largest absolute Gasteiger partial charge is 0.409 e. The topological polar surface area (TPSA) is 78.9 Å². The quantitative estimate of drug-likeness (QED) is 0.346. The molecule has 2 aliphatic rings. The fourth-order valence-corrected chi connectivity index (χ4v) is 3.10. The fraction of sp³-hybridized carbons (Fsp3) is 0.846. The van der Waals surface area contributed by atoms with E-state index in [1.165, 1.54) is 25.7 Å². The molecule has 0 radical (unpaired) electrons. The molecule has 3 N–H and O–H groups in total. The molecular weight excluding hydrogens is 230 g/mol. The highest BCUT2D eigenvalue weighted by atomic mass is 16.4. The van der Waals surface area contributed by atoms with Crippen LogP contribution in [0.1, 0.15) is 44.9 Å². The van der Waals surface area contributed by atoms with Crippen LogP contribution in [0.25, 0.3) is 0 Å². The maximum absolute atomic E-state index is 12.1. The molecule has 5 nitrogen and oxygen atoms in total. The zero-order chi connectivity index (χ0) is 13.0. The van der Waals surface area contributed by atoms with Crippen molar-refractivity contribution in [2.75, 3.05) is 13.1 Å². The van der Waals surface area contributed by atoms with Crippen molar-refractivity contribution < 1.29 is 10.0 Å². The van der Waals surface area contributed by atoms with Crippen LogP contribution in [0.4, 0.5) is 0 Å². The van der Waals surface area contributed by atoms with Crippen LogP contribution < -0.4 is 5.73 Å². The minimum Gasteiger partial charge on any atom is -0.409 e. The lowest BCUT2D eigenvalue weighted by molar-refractivity contribution is -0.133. The second-order valence-electron chi connectivity index (χ2n) is 5.53. The molecule has 1 aliphatic carbocycles. The molecular formula is C13H23N3O2. The summed E-state index contributed by atoms with van der Waals surface area (Å²) in [7, 11) is 0. The molecule has 2 fully saturated rings. The van der Waals surface area contributed by atoms with Gasteiger partial charge in [-0.1, -0.05) is 18.0 Å². The Hall–Kier alpha value is -1.26. The van der Waals surface area contributed by atoms with Crippen LogP contribution in [0, 0.1) is 11.8 Å². The number of piperidine rings is 1. The number of likely N-dealkylation sites (tertiary alicyclic amines) is 1. The smallest absolute Gasteiger partial charge is 0.222 e. The highest BCUT2D eigenvalue weighted by Crippen LogP contribution is 2.28. The summed E-state index contributed by atoms with van der Waals surface area (Å²) in [4.78, 5) is 14.1. The number of oxime groups is 1. The highest BCUT2D eigenvalue weighted by Gasteiger charge is 2.27. The number of amides is 1. The van der Waals surface area contributed by atoms with Crippen LogP contribution in [0.3, 0.4) is 0 Å². The molecule has 102 valence electrons. The Bertz CT molecular complexity index is 316. The average molecular weight is 253 g/mol. The standard InChI is InChI=1S/C13H23N3O2/c14-13(15-18)11-5-7-16(8-6-11)12(17)9-10-3-1-2-4-10/h10-11,18H,1-9H2,(H2,14,15). The van der Waals surface area contributed by atoms with E-state index in [2.05, 4.69) is 5.16 Å². The van der Waals surface area contributed by atoms with Crippen molar-refractivity contribution in [1.29, 1.82) is 0 Å². The van der Waals surface area contributed by atoms with Gasteiger partial charge < -0.3 is 15.8 Å². The second-order valence-corrected chi connectivity index (χ2v) is 5.53. The van der Waals surface area contributed by atoms with E-state index in [0.717, 1.165) is 25.9 Å². The number of nitrogens with zero attached hydrogens (tertiary/aromatic N) is 2. The van der Waals surface area contributed by atoms with Gasteiger partial charge in [0.1, 0.15) is 5.84 Å². The van der Waals surface area contributed by atoms with Gasteiger partial charge in [0.2, 0.25) is 5.91 Å². The van der Waals surface area contributed by atoms with Crippen LogP contribution >= 0.6 is 0 Å². The fourth-order valence-electron chi connectivity index (χ4n) is 3.10. The van der Waals surface area contributed by atoms with E-state index in [0.29, 0.717) is 24.1 Å². The van der Waals surface area contributed by atoms with Crippen molar-refractivity contribution in [3.63, 3.8) is 0 Å². The van der Waals surface area contributed by atoms with Gasteiger partial charge >= 0.3 is 0 Å². The summed E-state index contributed by atoms with van der Waals surface area (Å²) in [5.41, 5.74) is 5.60. The molecule has 1 amide bonds. The number of carbonyl (C=O) groups is 1. The summed E-state index contributed by atoms with van der Waals surface area (Å²) >= 11 is 0. The zero-order valence-corrected chi connectivity index (χ0v) is 10.8. The number of rotatable bonds is 3. The second kappa shape index (κ2) is 6.07. The molecule has 0 unspecified atom stereocenters. The van der Waals surface area contributed by atoms with Crippen LogP contribution in [0.15, 0.2) is 5.16 Å². The summed E-state index contributed by atoms with van der Waals surface area (Å²) in [5, 5.41) is 11.7. The molecule has 1 aliphatic heterocycles. The lowest BCUT2D eigenvalue weighted by Crippen LogP contribution is -2.42. The molecule has 0 bridgehead atoms. The third-order valence-electron chi connectivity index (χ3n) is 4.32. The van der Waals surface area contributed by atoms with Crippen molar-refractivity contribution in [1.82, 2.24) is 4.90 Å². The first-order chi connectivity index (χ1) is 8.70. The van der Waals surface area contributed by atoms with Gasteiger partial charge in [-0.2, -0.15) is 0 Å². The van der Waals surface area contributed by atoms with Gasteiger partial charge in [-0.25, -0.2) is 0 Å². The Balaban J connectivity index is 1.76.